The predicted molar refractivity (Wildman–Crippen MR) is 91.4 cm³/mol. The maximum Gasteiger partial charge on any atom is 0.173 e. The molecule has 1 N–H and O–H groups in total. The van der Waals surface area contributed by atoms with Crippen molar-refractivity contribution in [3.8, 4) is 5.75 Å². The number of aromatic nitrogens is 1. The van der Waals surface area contributed by atoms with Crippen LogP contribution in [0.5, 0.6) is 5.75 Å². The quantitative estimate of drug-likeness (QED) is 0.876. The molecule has 2 heterocycles. The van der Waals surface area contributed by atoms with Crippen LogP contribution in [-0.2, 0) is 24.1 Å². The second-order valence-electron chi connectivity index (χ2n) is 6.58. The van der Waals surface area contributed by atoms with Gasteiger partial charge in [-0.25, -0.2) is 0 Å². The Bertz CT molecular complexity index is 660. The molecule has 1 unspecified atom stereocenters. The van der Waals surface area contributed by atoms with Gasteiger partial charge in [-0.1, -0.05) is 17.3 Å². The Labute approximate surface area is 142 Å². The van der Waals surface area contributed by atoms with Crippen LogP contribution in [0.1, 0.15) is 42.6 Å². The first-order chi connectivity index (χ1) is 11.9. The van der Waals surface area contributed by atoms with E-state index in [1.807, 2.05) is 12.1 Å². The fourth-order valence-corrected chi connectivity index (χ4v) is 3.38. The summed E-state index contributed by atoms with van der Waals surface area (Å²) in [7, 11) is 0. The molecule has 1 atom stereocenters. The van der Waals surface area contributed by atoms with Gasteiger partial charge in [-0.2, -0.15) is 0 Å². The molecule has 2 aliphatic rings. The molecule has 24 heavy (non-hydrogen) atoms. The molecule has 1 aromatic heterocycles. The molecule has 0 bridgehead atoms. The average Bonchev–Trinajstić information content (AvgIpc) is 3.29. The molecule has 2 aromatic rings. The molecule has 0 amide bonds. The van der Waals surface area contributed by atoms with E-state index in [1.165, 1.54) is 24.0 Å². The minimum Gasteiger partial charge on any atom is -0.491 e. The molecule has 5 nitrogen and oxygen atoms in total. The summed E-state index contributed by atoms with van der Waals surface area (Å²) in [5.74, 6) is 2.86. The van der Waals surface area contributed by atoms with E-state index in [-0.39, 0.29) is 6.10 Å². The minimum atomic E-state index is 0.254. The Hall–Kier alpha value is -2.01. The van der Waals surface area contributed by atoms with Gasteiger partial charge in [0.15, 0.2) is 5.82 Å². The van der Waals surface area contributed by atoms with Gasteiger partial charge in [0, 0.05) is 25.1 Å². The van der Waals surface area contributed by atoms with E-state index in [2.05, 4.69) is 22.6 Å². The summed E-state index contributed by atoms with van der Waals surface area (Å²) in [5, 5.41) is 7.58. The van der Waals surface area contributed by atoms with E-state index in [0.717, 1.165) is 56.2 Å². The van der Waals surface area contributed by atoms with E-state index in [9.17, 15) is 0 Å². The van der Waals surface area contributed by atoms with Gasteiger partial charge in [0.25, 0.3) is 0 Å². The number of nitrogens with zero attached hydrogens (tertiary/aromatic N) is 1. The number of fused-ring (bicyclic) bond motifs is 1. The first-order valence-electron chi connectivity index (χ1n) is 8.93. The smallest absolute Gasteiger partial charge is 0.173 e. The first-order valence-corrected chi connectivity index (χ1v) is 8.93. The SMILES string of the molecule is c1cc(OCC2CCCO2)ccc1CNc1noc2c1CCCC2. The van der Waals surface area contributed by atoms with Crippen LogP contribution in [0.25, 0.3) is 0 Å². The van der Waals surface area contributed by atoms with Gasteiger partial charge < -0.3 is 19.3 Å². The van der Waals surface area contributed by atoms with Crippen molar-refractivity contribution >= 4 is 5.82 Å². The summed E-state index contributed by atoms with van der Waals surface area (Å²) < 4.78 is 16.8. The zero-order valence-electron chi connectivity index (χ0n) is 13.9. The van der Waals surface area contributed by atoms with E-state index in [1.54, 1.807) is 0 Å². The highest BCUT2D eigenvalue weighted by Gasteiger charge is 2.19. The van der Waals surface area contributed by atoms with Gasteiger partial charge in [0.05, 0.1) is 6.10 Å². The standard InChI is InChI=1S/C19H24N2O3/c1-2-6-18-17(5-1)19(21-24-18)20-12-14-7-9-15(10-8-14)23-13-16-4-3-11-22-16/h7-10,16H,1-6,11-13H2,(H,20,21). The maximum absolute atomic E-state index is 5.80. The Balaban J connectivity index is 1.29. The van der Waals surface area contributed by atoms with Crippen LogP contribution in [0.2, 0.25) is 0 Å². The second kappa shape index (κ2) is 7.26. The van der Waals surface area contributed by atoms with E-state index < -0.39 is 0 Å². The molecular weight excluding hydrogens is 304 g/mol. The van der Waals surface area contributed by atoms with Gasteiger partial charge >= 0.3 is 0 Å². The third-order valence-corrected chi connectivity index (χ3v) is 4.79. The largest absolute Gasteiger partial charge is 0.491 e. The van der Waals surface area contributed by atoms with Crippen molar-refractivity contribution in [3.05, 3.63) is 41.2 Å². The van der Waals surface area contributed by atoms with Crippen LogP contribution in [0.4, 0.5) is 5.82 Å². The molecule has 0 saturated carbocycles. The topological polar surface area (TPSA) is 56.5 Å². The maximum atomic E-state index is 5.80. The summed E-state index contributed by atoms with van der Waals surface area (Å²) in [4.78, 5) is 0. The van der Waals surface area contributed by atoms with E-state index >= 15 is 0 Å². The van der Waals surface area contributed by atoms with Gasteiger partial charge in [-0.05, 0) is 49.8 Å². The summed E-state index contributed by atoms with van der Waals surface area (Å²) >= 11 is 0. The molecular formula is C19H24N2O3. The highest BCUT2D eigenvalue weighted by atomic mass is 16.5. The molecule has 1 fully saturated rings. The summed E-state index contributed by atoms with van der Waals surface area (Å²) in [6, 6.07) is 8.21. The van der Waals surface area contributed by atoms with Crippen LogP contribution >= 0.6 is 0 Å². The number of hydrogen-bond acceptors (Lipinski definition) is 5. The Morgan fingerprint density at radius 1 is 1.12 bits per heavy atom. The fourth-order valence-electron chi connectivity index (χ4n) is 3.38. The molecule has 1 saturated heterocycles. The van der Waals surface area contributed by atoms with Crippen LogP contribution < -0.4 is 10.1 Å². The fraction of sp³-hybridized carbons (Fsp3) is 0.526. The molecule has 0 spiro atoms. The van der Waals surface area contributed by atoms with Crippen molar-refractivity contribution in [2.75, 3.05) is 18.5 Å². The van der Waals surface area contributed by atoms with Gasteiger partial charge in [0.1, 0.15) is 18.1 Å². The van der Waals surface area contributed by atoms with Crippen molar-refractivity contribution in [1.29, 1.82) is 0 Å². The number of hydrogen-bond donors (Lipinski definition) is 1. The lowest BCUT2D eigenvalue weighted by molar-refractivity contribution is 0.0679. The summed E-state index contributed by atoms with van der Waals surface area (Å²) in [6.07, 6.45) is 7.01. The summed E-state index contributed by atoms with van der Waals surface area (Å²) in [5.41, 5.74) is 2.46. The second-order valence-corrected chi connectivity index (χ2v) is 6.58. The van der Waals surface area contributed by atoms with E-state index in [4.69, 9.17) is 14.0 Å². The van der Waals surface area contributed by atoms with Gasteiger partial charge in [-0.3, -0.25) is 0 Å². The summed E-state index contributed by atoms with van der Waals surface area (Å²) in [6.45, 7) is 2.25. The van der Waals surface area contributed by atoms with Crippen molar-refractivity contribution in [1.82, 2.24) is 5.16 Å². The van der Waals surface area contributed by atoms with Gasteiger partial charge in [-0.15, -0.1) is 0 Å². The lowest BCUT2D eigenvalue weighted by atomic mass is 9.98. The molecule has 1 aromatic carbocycles. The number of rotatable bonds is 6. The zero-order valence-corrected chi connectivity index (χ0v) is 13.9. The first kappa shape index (κ1) is 15.5. The van der Waals surface area contributed by atoms with Crippen molar-refractivity contribution < 1.29 is 14.0 Å². The molecule has 1 aliphatic carbocycles. The third kappa shape index (κ3) is 3.56. The van der Waals surface area contributed by atoms with Crippen molar-refractivity contribution in [2.45, 2.75) is 51.2 Å². The number of ether oxygens (including phenoxy) is 2. The highest BCUT2D eigenvalue weighted by molar-refractivity contribution is 5.46. The predicted octanol–water partition coefficient (Wildman–Crippen LogP) is 3.72. The Kier molecular flexibility index (Phi) is 4.69. The van der Waals surface area contributed by atoms with Crippen LogP contribution in [0.3, 0.4) is 0 Å². The molecule has 128 valence electrons. The molecule has 4 rings (SSSR count). The minimum absolute atomic E-state index is 0.254. The number of anilines is 1. The Morgan fingerprint density at radius 3 is 2.83 bits per heavy atom. The number of nitrogens with one attached hydrogen (secondary N) is 1. The van der Waals surface area contributed by atoms with E-state index in [0.29, 0.717) is 6.61 Å². The lowest BCUT2D eigenvalue weighted by Crippen LogP contribution is -2.16. The van der Waals surface area contributed by atoms with Crippen molar-refractivity contribution in [3.63, 3.8) is 0 Å². The molecule has 1 aliphatic heterocycles. The van der Waals surface area contributed by atoms with Crippen LogP contribution in [0.15, 0.2) is 28.8 Å². The van der Waals surface area contributed by atoms with Crippen molar-refractivity contribution in [2.24, 2.45) is 0 Å². The number of aryl methyl sites for hydroxylation is 1. The average molecular weight is 328 g/mol. The molecule has 0 radical (unpaired) electrons. The normalized spacial score (nSPS) is 19.9. The van der Waals surface area contributed by atoms with Crippen LogP contribution in [0, 0.1) is 0 Å². The van der Waals surface area contributed by atoms with Crippen LogP contribution in [-0.4, -0.2) is 24.5 Å². The number of benzene rings is 1. The lowest BCUT2D eigenvalue weighted by Gasteiger charge is -2.12. The third-order valence-electron chi connectivity index (χ3n) is 4.79. The molecule has 5 heteroatoms. The highest BCUT2D eigenvalue weighted by Crippen LogP contribution is 2.27. The Morgan fingerprint density at radius 2 is 2.00 bits per heavy atom. The zero-order chi connectivity index (χ0) is 16.2. The van der Waals surface area contributed by atoms with Gasteiger partial charge in [0.2, 0.25) is 0 Å². The monoisotopic (exact) mass is 328 g/mol.